The largest absolute Gasteiger partial charge is 0.392 e. The van der Waals surface area contributed by atoms with Gasteiger partial charge in [-0.15, -0.1) is 11.8 Å². The van der Waals surface area contributed by atoms with Crippen molar-refractivity contribution in [2.75, 3.05) is 5.75 Å². The SMILES string of the molecule is Cc1ccc(SCC(O)CCc2nccn2C)cc1. The standard InChI is InChI=1S/C15H20N2OS/c1-12-3-6-14(7-4-12)19-11-13(18)5-8-15-16-9-10-17(15)2/h3-4,6-7,9-10,13,18H,5,8,11H2,1-2H3. The molecule has 1 aromatic heterocycles. The molecular formula is C15H20N2OS. The molecule has 0 aliphatic heterocycles. The fourth-order valence-electron chi connectivity index (χ4n) is 1.84. The number of rotatable bonds is 6. The Bertz CT molecular complexity index is 507. The summed E-state index contributed by atoms with van der Waals surface area (Å²) < 4.78 is 2.00. The molecule has 0 aliphatic rings. The number of aliphatic hydroxyl groups excluding tert-OH is 1. The number of imidazole rings is 1. The van der Waals surface area contributed by atoms with Gasteiger partial charge in [0.1, 0.15) is 5.82 Å². The molecule has 1 heterocycles. The van der Waals surface area contributed by atoms with Crippen LogP contribution in [0.2, 0.25) is 0 Å². The maximum absolute atomic E-state index is 10.00. The minimum Gasteiger partial charge on any atom is -0.392 e. The average Bonchev–Trinajstić information content (AvgIpc) is 2.81. The molecular weight excluding hydrogens is 256 g/mol. The Morgan fingerprint density at radius 3 is 2.68 bits per heavy atom. The molecule has 0 spiro atoms. The minimum absolute atomic E-state index is 0.289. The summed E-state index contributed by atoms with van der Waals surface area (Å²) in [7, 11) is 1.98. The van der Waals surface area contributed by atoms with Crippen LogP contribution in [-0.4, -0.2) is 26.5 Å². The fourth-order valence-corrected chi connectivity index (χ4v) is 2.72. The minimum atomic E-state index is -0.289. The summed E-state index contributed by atoms with van der Waals surface area (Å²) in [5.41, 5.74) is 1.26. The molecule has 3 nitrogen and oxygen atoms in total. The number of aryl methyl sites for hydroxylation is 3. The van der Waals surface area contributed by atoms with Crippen LogP contribution in [0.1, 0.15) is 17.8 Å². The number of benzene rings is 1. The Labute approximate surface area is 118 Å². The van der Waals surface area contributed by atoms with Gasteiger partial charge in [-0.25, -0.2) is 4.98 Å². The molecule has 2 aromatic rings. The van der Waals surface area contributed by atoms with Crippen molar-refractivity contribution in [3.05, 3.63) is 48.0 Å². The molecule has 1 atom stereocenters. The number of hydrogen-bond acceptors (Lipinski definition) is 3. The molecule has 0 saturated heterocycles. The molecule has 102 valence electrons. The maximum Gasteiger partial charge on any atom is 0.108 e. The quantitative estimate of drug-likeness (QED) is 0.825. The van der Waals surface area contributed by atoms with Crippen molar-refractivity contribution in [1.29, 1.82) is 0 Å². The van der Waals surface area contributed by atoms with Crippen molar-refractivity contribution in [3.63, 3.8) is 0 Å². The monoisotopic (exact) mass is 276 g/mol. The molecule has 0 aliphatic carbocycles. The third-order valence-corrected chi connectivity index (χ3v) is 4.24. The molecule has 19 heavy (non-hydrogen) atoms. The molecule has 0 radical (unpaired) electrons. The second-order valence-electron chi connectivity index (χ2n) is 4.77. The van der Waals surface area contributed by atoms with E-state index >= 15 is 0 Å². The van der Waals surface area contributed by atoms with Crippen molar-refractivity contribution >= 4 is 11.8 Å². The van der Waals surface area contributed by atoms with E-state index in [-0.39, 0.29) is 6.10 Å². The van der Waals surface area contributed by atoms with E-state index in [4.69, 9.17) is 0 Å². The predicted octanol–water partition coefficient (Wildman–Crippen LogP) is 2.81. The van der Waals surface area contributed by atoms with E-state index in [1.54, 1.807) is 18.0 Å². The Kier molecular flexibility index (Phi) is 5.05. The van der Waals surface area contributed by atoms with Crippen molar-refractivity contribution in [1.82, 2.24) is 9.55 Å². The van der Waals surface area contributed by atoms with Gasteiger partial charge >= 0.3 is 0 Å². The van der Waals surface area contributed by atoms with Crippen molar-refractivity contribution in [2.24, 2.45) is 7.05 Å². The maximum atomic E-state index is 10.00. The lowest BCUT2D eigenvalue weighted by Gasteiger charge is -2.10. The lowest BCUT2D eigenvalue weighted by Crippen LogP contribution is -2.12. The second-order valence-corrected chi connectivity index (χ2v) is 5.86. The number of nitrogens with zero attached hydrogens (tertiary/aromatic N) is 2. The summed E-state index contributed by atoms with van der Waals surface area (Å²) in [4.78, 5) is 5.47. The van der Waals surface area contributed by atoms with Crippen molar-refractivity contribution in [2.45, 2.75) is 30.8 Å². The van der Waals surface area contributed by atoms with Crippen LogP contribution < -0.4 is 0 Å². The van der Waals surface area contributed by atoms with E-state index in [1.165, 1.54) is 10.5 Å². The van der Waals surface area contributed by atoms with Crippen LogP contribution in [0.25, 0.3) is 0 Å². The highest BCUT2D eigenvalue weighted by Gasteiger charge is 2.07. The van der Waals surface area contributed by atoms with Crippen LogP contribution in [-0.2, 0) is 13.5 Å². The van der Waals surface area contributed by atoms with Crippen LogP contribution in [0.5, 0.6) is 0 Å². The number of hydrogen-bond donors (Lipinski definition) is 1. The van der Waals surface area contributed by atoms with E-state index in [0.29, 0.717) is 0 Å². The summed E-state index contributed by atoms with van der Waals surface area (Å²) in [6.07, 6.45) is 5.01. The molecule has 0 saturated carbocycles. The lowest BCUT2D eigenvalue weighted by atomic mass is 10.2. The summed E-state index contributed by atoms with van der Waals surface area (Å²) >= 11 is 1.70. The van der Waals surface area contributed by atoms with Crippen LogP contribution >= 0.6 is 11.8 Å². The number of aliphatic hydroxyl groups is 1. The Morgan fingerprint density at radius 2 is 2.05 bits per heavy atom. The molecule has 1 unspecified atom stereocenters. The third kappa shape index (κ3) is 4.40. The number of aromatic nitrogens is 2. The van der Waals surface area contributed by atoms with Gasteiger partial charge in [0, 0.05) is 36.5 Å². The van der Waals surface area contributed by atoms with Gasteiger partial charge in [0.15, 0.2) is 0 Å². The third-order valence-electron chi connectivity index (χ3n) is 3.09. The topological polar surface area (TPSA) is 38.1 Å². The fraction of sp³-hybridized carbons (Fsp3) is 0.400. The van der Waals surface area contributed by atoms with Crippen LogP contribution in [0.4, 0.5) is 0 Å². The van der Waals surface area contributed by atoms with Crippen LogP contribution in [0, 0.1) is 6.92 Å². The summed E-state index contributed by atoms with van der Waals surface area (Å²) in [6, 6.07) is 8.40. The molecule has 0 bridgehead atoms. The highest BCUT2D eigenvalue weighted by molar-refractivity contribution is 7.99. The molecule has 0 fully saturated rings. The van der Waals surface area contributed by atoms with E-state index in [9.17, 15) is 5.11 Å². The van der Waals surface area contributed by atoms with E-state index < -0.39 is 0 Å². The first kappa shape index (κ1) is 14.2. The van der Waals surface area contributed by atoms with Gasteiger partial charge in [0.2, 0.25) is 0 Å². The van der Waals surface area contributed by atoms with Gasteiger partial charge in [-0.2, -0.15) is 0 Å². The lowest BCUT2D eigenvalue weighted by molar-refractivity contribution is 0.188. The molecule has 1 N–H and O–H groups in total. The second kappa shape index (κ2) is 6.78. The van der Waals surface area contributed by atoms with Gasteiger partial charge in [0.25, 0.3) is 0 Å². The molecule has 0 amide bonds. The summed E-state index contributed by atoms with van der Waals surface area (Å²) in [6.45, 7) is 2.08. The summed E-state index contributed by atoms with van der Waals surface area (Å²) in [5, 5.41) is 10.00. The first-order chi connectivity index (χ1) is 9.15. The van der Waals surface area contributed by atoms with E-state index in [1.807, 2.05) is 17.8 Å². The number of thioether (sulfide) groups is 1. The molecule has 2 rings (SSSR count). The van der Waals surface area contributed by atoms with Gasteiger partial charge in [0.05, 0.1) is 6.10 Å². The Morgan fingerprint density at radius 1 is 1.32 bits per heavy atom. The van der Waals surface area contributed by atoms with Crippen molar-refractivity contribution in [3.8, 4) is 0 Å². The molecule has 4 heteroatoms. The van der Waals surface area contributed by atoms with E-state index in [2.05, 4.69) is 36.2 Å². The highest BCUT2D eigenvalue weighted by atomic mass is 32.2. The van der Waals surface area contributed by atoms with Gasteiger partial charge < -0.3 is 9.67 Å². The van der Waals surface area contributed by atoms with Crippen molar-refractivity contribution < 1.29 is 5.11 Å². The Hall–Kier alpha value is -1.26. The average molecular weight is 276 g/mol. The first-order valence-electron chi connectivity index (χ1n) is 6.49. The van der Waals surface area contributed by atoms with E-state index in [0.717, 1.165) is 24.4 Å². The zero-order valence-electron chi connectivity index (χ0n) is 11.4. The zero-order valence-corrected chi connectivity index (χ0v) is 12.2. The molecule has 1 aromatic carbocycles. The highest BCUT2D eigenvalue weighted by Crippen LogP contribution is 2.20. The zero-order chi connectivity index (χ0) is 13.7. The van der Waals surface area contributed by atoms with Crippen LogP contribution in [0.3, 0.4) is 0 Å². The normalized spacial score (nSPS) is 12.6. The smallest absolute Gasteiger partial charge is 0.108 e. The summed E-state index contributed by atoms with van der Waals surface area (Å²) in [5.74, 6) is 1.76. The Balaban J connectivity index is 1.74. The predicted molar refractivity (Wildman–Crippen MR) is 79.4 cm³/mol. The van der Waals surface area contributed by atoms with Gasteiger partial charge in [-0.1, -0.05) is 17.7 Å². The first-order valence-corrected chi connectivity index (χ1v) is 7.47. The van der Waals surface area contributed by atoms with Gasteiger partial charge in [-0.05, 0) is 25.5 Å². The van der Waals surface area contributed by atoms with Gasteiger partial charge in [-0.3, -0.25) is 0 Å². The van der Waals surface area contributed by atoms with Crippen LogP contribution in [0.15, 0.2) is 41.6 Å².